The minimum absolute atomic E-state index is 0.0687. The Morgan fingerprint density at radius 2 is 2.00 bits per heavy atom. The number of ether oxygens (including phenoxy) is 1. The maximum atomic E-state index is 12.8. The fourth-order valence-corrected chi connectivity index (χ4v) is 4.15. The van der Waals surface area contributed by atoms with Crippen LogP contribution in [-0.2, 0) is 11.3 Å². The summed E-state index contributed by atoms with van der Waals surface area (Å²) in [5.74, 6) is -0.602. The standard InChI is InChI=1S/C19H21NO4S/c1-24-12-16-8-9-17(25-16)18(21)20-10-2-3-15(11-20)13-4-6-14(7-5-13)19(22)23/h4-9,15H,2-3,10-12H2,1H3,(H,22,23)/t15-/m1/s1. The molecule has 1 amide bonds. The van der Waals surface area contributed by atoms with Gasteiger partial charge in [0.25, 0.3) is 5.91 Å². The molecule has 6 heteroatoms. The maximum absolute atomic E-state index is 12.8. The Morgan fingerprint density at radius 1 is 1.24 bits per heavy atom. The highest BCUT2D eigenvalue weighted by molar-refractivity contribution is 7.14. The fourth-order valence-electron chi connectivity index (χ4n) is 3.20. The highest BCUT2D eigenvalue weighted by Gasteiger charge is 2.26. The fraction of sp³-hybridized carbons (Fsp3) is 0.368. The van der Waals surface area contributed by atoms with Gasteiger partial charge in [0.1, 0.15) is 0 Å². The topological polar surface area (TPSA) is 66.8 Å². The second kappa shape index (κ2) is 7.80. The third-order valence-electron chi connectivity index (χ3n) is 4.50. The van der Waals surface area contributed by atoms with Gasteiger partial charge in [-0.1, -0.05) is 12.1 Å². The summed E-state index contributed by atoms with van der Waals surface area (Å²) in [4.78, 5) is 27.4. The summed E-state index contributed by atoms with van der Waals surface area (Å²) < 4.78 is 5.11. The van der Waals surface area contributed by atoms with E-state index >= 15 is 0 Å². The van der Waals surface area contributed by atoms with Crippen LogP contribution in [0.1, 0.15) is 49.2 Å². The van der Waals surface area contributed by atoms with E-state index in [1.165, 1.54) is 11.3 Å². The van der Waals surface area contributed by atoms with Crippen molar-refractivity contribution in [1.29, 1.82) is 0 Å². The molecule has 0 saturated carbocycles. The van der Waals surface area contributed by atoms with Gasteiger partial charge in [-0.15, -0.1) is 11.3 Å². The van der Waals surface area contributed by atoms with Crippen molar-refractivity contribution in [3.63, 3.8) is 0 Å². The Labute approximate surface area is 150 Å². The summed E-state index contributed by atoms with van der Waals surface area (Å²) >= 11 is 1.48. The van der Waals surface area contributed by atoms with Gasteiger partial charge in [0.2, 0.25) is 0 Å². The zero-order valence-electron chi connectivity index (χ0n) is 14.1. The molecule has 1 aliphatic rings. The van der Waals surface area contributed by atoms with Crippen LogP contribution >= 0.6 is 11.3 Å². The Bertz CT molecular complexity index is 753. The lowest BCUT2D eigenvalue weighted by atomic mass is 9.90. The molecule has 25 heavy (non-hydrogen) atoms. The number of carboxylic acid groups (broad SMARTS) is 1. The average molecular weight is 359 g/mol. The molecule has 1 aromatic carbocycles. The van der Waals surface area contributed by atoms with Crippen molar-refractivity contribution in [1.82, 2.24) is 4.90 Å². The summed E-state index contributed by atoms with van der Waals surface area (Å²) in [5.41, 5.74) is 1.38. The van der Waals surface area contributed by atoms with Gasteiger partial charge in [-0.3, -0.25) is 4.79 Å². The van der Waals surface area contributed by atoms with E-state index in [4.69, 9.17) is 9.84 Å². The van der Waals surface area contributed by atoms with Crippen molar-refractivity contribution in [2.45, 2.75) is 25.4 Å². The third-order valence-corrected chi connectivity index (χ3v) is 5.54. The molecule has 2 aromatic rings. The summed E-state index contributed by atoms with van der Waals surface area (Å²) in [7, 11) is 1.64. The Morgan fingerprint density at radius 3 is 2.68 bits per heavy atom. The SMILES string of the molecule is COCc1ccc(C(=O)N2CCC[C@@H](c3ccc(C(=O)O)cc3)C2)s1. The first-order chi connectivity index (χ1) is 12.1. The monoisotopic (exact) mass is 359 g/mol. The zero-order chi connectivity index (χ0) is 17.8. The number of aromatic carboxylic acids is 1. The number of rotatable bonds is 5. The minimum Gasteiger partial charge on any atom is -0.478 e. The summed E-state index contributed by atoms with van der Waals surface area (Å²) in [6, 6.07) is 10.8. The molecule has 1 atom stereocenters. The van der Waals surface area contributed by atoms with E-state index in [0.717, 1.165) is 34.7 Å². The van der Waals surface area contributed by atoms with Crippen molar-refractivity contribution in [2.75, 3.05) is 20.2 Å². The van der Waals surface area contributed by atoms with Crippen LogP contribution in [0.4, 0.5) is 0 Å². The lowest BCUT2D eigenvalue weighted by Crippen LogP contribution is -2.38. The lowest BCUT2D eigenvalue weighted by Gasteiger charge is -2.32. The van der Waals surface area contributed by atoms with Crippen molar-refractivity contribution >= 4 is 23.2 Å². The molecule has 0 radical (unpaired) electrons. The van der Waals surface area contributed by atoms with E-state index in [-0.39, 0.29) is 17.4 Å². The van der Waals surface area contributed by atoms with Gasteiger partial charge in [0.05, 0.1) is 17.0 Å². The van der Waals surface area contributed by atoms with Gasteiger partial charge in [0.15, 0.2) is 0 Å². The smallest absolute Gasteiger partial charge is 0.335 e. The lowest BCUT2D eigenvalue weighted by molar-refractivity contribution is 0.0694. The Balaban J connectivity index is 1.69. The number of carboxylic acids is 1. The van der Waals surface area contributed by atoms with Gasteiger partial charge < -0.3 is 14.7 Å². The van der Waals surface area contributed by atoms with Crippen LogP contribution in [0.2, 0.25) is 0 Å². The average Bonchev–Trinajstić information content (AvgIpc) is 3.10. The summed E-state index contributed by atoms with van der Waals surface area (Å²) in [5, 5.41) is 9.01. The number of nitrogens with zero attached hydrogens (tertiary/aromatic N) is 1. The van der Waals surface area contributed by atoms with Crippen molar-refractivity contribution in [3.8, 4) is 0 Å². The van der Waals surface area contributed by atoms with Gasteiger partial charge in [-0.2, -0.15) is 0 Å². The number of hydrogen-bond donors (Lipinski definition) is 1. The molecule has 3 rings (SSSR count). The quantitative estimate of drug-likeness (QED) is 0.885. The third kappa shape index (κ3) is 4.08. The van der Waals surface area contributed by atoms with Crippen LogP contribution < -0.4 is 0 Å². The van der Waals surface area contributed by atoms with Crippen LogP contribution in [0.5, 0.6) is 0 Å². The molecule has 1 aromatic heterocycles. The molecule has 1 N–H and O–H groups in total. The molecule has 1 saturated heterocycles. The van der Waals surface area contributed by atoms with Crippen LogP contribution in [-0.4, -0.2) is 42.1 Å². The first kappa shape index (κ1) is 17.6. The van der Waals surface area contributed by atoms with Crippen molar-refractivity contribution in [2.24, 2.45) is 0 Å². The van der Waals surface area contributed by atoms with Gasteiger partial charge in [0, 0.05) is 31.0 Å². The molecule has 0 aliphatic carbocycles. The first-order valence-corrected chi connectivity index (χ1v) is 9.10. The zero-order valence-corrected chi connectivity index (χ0v) is 14.9. The Hall–Kier alpha value is -2.18. The first-order valence-electron chi connectivity index (χ1n) is 8.28. The largest absolute Gasteiger partial charge is 0.478 e. The number of likely N-dealkylation sites (tertiary alicyclic amines) is 1. The Kier molecular flexibility index (Phi) is 5.50. The van der Waals surface area contributed by atoms with E-state index in [9.17, 15) is 9.59 Å². The molecule has 5 nitrogen and oxygen atoms in total. The normalized spacial score (nSPS) is 17.5. The number of carbonyl (C=O) groups is 2. The van der Waals surface area contributed by atoms with Crippen molar-refractivity contribution < 1.29 is 19.4 Å². The molecule has 132 valence electrons. The number of benzene rings is 1. The predicted molar refractivity (Wildman–Crippen MR) is 96.3 cm³/mol. The second-order valence-corrected chi connectivity index (χ2v) is 7.38. The number of piperidine rings is 1. The van der Waals surface area contributed by atoms with Gasteiger partial charge in [-0.25, -0.2) is 4.79 Å². The molecular weight excluding hydrogens is 338 g/mol. The maximum Gasteiger partial charge on any atom is 0.335 e. The number of carbonyl (C=O) groups excluding carboxylic acids is 1. The van der Waals surface area contributed by atoms with E-state index in [0.29, 0.717) is 13.2 Å². The van der Waals surface area contributed by atoms with Crippen LogP contribution in [0.15, 0.2) is 36.4 Å². The minimum atomic E-state index is -0.920. The number of methoxy groups -OCH3 is 1. The van der Waals surface area contributed by atoms with Gasteiger partial charge in [-0.05, 0) is 42.7 Å². The number of hydrogen-bond acceptors (Lipinski definition) is 4. The van der Waals surface area contributed by atoms with E-state index in [1.54, 1.807) is 19.2 Å². The molecule has 1 aliphatic heterocycles. The van der Waals surface area contributed by atoms with E-state index in [1.807, 2.05) is 29.2 Å². The van der Waals surface area contributed by atoms with Gasteiger partial charge >= 0.3 is 5.97 Å². The van der Waals surface area contributed by atoms with Crippen LogP contribution in [0.3, 0.4) is 0 Å². The van der Waals surface area contributed by atoms with Crippen molar-refractivity contribution in [3.05, 3.63) is 57.3 Å². The second-order valence-electron chi connectivity index (χ2n) is 6.22. The highest BCUT2D eigenvalue weighted by Crippen LogP contribution is 2.29. The summed E-state index contributed by atoms with van der Waals surface area (Å²) in [6.45, 7) is 1.96. The molecular formula is C19H21NO4S. The molecule has 0 unspecified atom stereocenters. The van der Waals surface area contributed by atoms with Crippen LogP contribution in [0, 0.1) is 0 Å². The summed E-state index contributed by atoms with van der Waals surface area (Å²) in [6.07, 6.45) is 1.96. The molecule has 2 heterocycles. The molecule has 0 spiro atoms. The molecule has 1 fully saturated rings. The van der Waals surface area contributed by atoms with E-state index < -0.39 is 5.97 Å². The van der Waals surface area contributed by atoms with Crippen LogP contribution in [0.25, 0.3) is 0 Å². The predicted octanol–water partition coefficient (Wildman–Crippen LogP) is 3.61. The number of thiophene rings is 1. The molecule has 0 bridgehead atoms. The highest BCUT2D eigenvalue weighted by atomic mass is 32.1. The number of amides is 1. The van der Waals surface area contributed by atoms with E-state index in [2.05, 4.69) is 0 Å².